The highest BCUT2D eigenvalue weighted by Crippen LogP contribution is 2.26. The molecule has 1 unspecified atom stereocenters. The molecular formula is C25H23ClN4O2. The minimum Gasteiger partial charge on any atom is -0.338 e. The summed E-state index contributed by atoms with van der Waals surface area (Å²) in [5.41, 5.74) is 1.71. The smallest absolute Gasteiger partial charge is 0.241 e. The van der Waals surface area contributed by atoms with Crippen LogP contribution in [0.1, 0.15) is 18.7 Å². The van der Waals surface area contributed by atoms with Crippen molar-refractivity contribution in [1.29, 1.82) is 0 Å². The zero-order valence-electron chi connectivity index (χ0n) is 17.5. The Morgan fingerprint density at radius 1 is 1.09 bits per heavy atom. The van der Waals surface area contributed by atoms with Gasteiger partial charge in [-0.3, -0.25) is 9.69 Å². The highest BCUT2D eigenvalue weighted by molar-refractivity contribution is 6.30. The molecule has 0 bridgehead atoms. The van der Waals surface area contributed by atoms with Gasteiger partial charge in [0.2, 0.25) is 17.6 Å². The molecular weight excluding hydrogens is 424 g/mol. The van der Waals surface area contributed by atoms with Gasteiger partial charge in [-0.15, -0.1) is 0 Å². The van der Waals surface area contributed by atoms with Crippen molar-refractivity contribution in [3.8, 4) is 11.4 Å². The molecule has 1 atom stereocenters. The number of likely N-dealkylation sites (tertiary alicyclic amines) is 1. The molecule has 1 saturated heterocycles. The number of nitrogens with one attached hydrogen (secondary N) is 1. The number of piperidine rings is 1. The van der Waals surface area contributed by atoms with Crippen molar-refractivity contribution >= 4 is 34.0 Å². The van der Waals surface area contributed by atoms with Gasteiger partial charge in [-0.2, -0.15) is 4.98 Å². The summed E-state index contributed by atoms with van der Waals surface area (Å²) in [7, 11) is 0. The number of hydrogen-bond donors (Lipinski definition) is 1. The summed E-state index contributed by atoms with van der Waals surface area (Å²) in [4.78, 5) is 19.7. The largest absolute Gasteiger partial charge is 0.338 e. The predicted molar refractivity (Wildman–Crippen MR) is 125 cm³/mol. The quantitative estimate of drug-likeness (QED) is 0.444. The summed E-state index contributed by atoms with van der Waals surface area (Å²) in [6, 6.07) is 21.4. The molecule has 1 aliphatic rings. The lowest BCUT2D eigenvalue weighted by Gasteiger charge is -2.31. The van der Waals surface area contributed by atoms with E-state index < -0.39 is 0 Å². The normalized spacial score (nSPS) is 16.8. The zero-order valence-corrected chi connectivity index (χ0v) is 18.3. The van der Waals surface area contributed by atoms with Crippen LogP contribution in [0.2, 0.25) is 5.02 Å². The summed E-state index contributed by atoms with van der Waals surface area (Å²) in [6.07, 6.45) is 1.82. The first-order valence-electron chi connectivity index (χ1n) is 10.8. The Balaban J connectivity index is 1.23. The van der Waals surface area contributed by atoms with Crippen molar-refractivity contribution in [2.24, 2.45) is 5.92 Å². The molecule has 6 nitrogen and oxygen atoms in total. The summed E-state index contributed by atoms with van der Waals surface area (Å²) < 4.78 is 5.46. The van der Waals surface area contributed by atoms with E-state index in [2.05, 4.69) is 32.5 Å². The maximum Gasteiger partial charge on any atom is 0.241 e. The van der Waals surface area contributed by atoms with Gasteiger partial charge in [0.1, 0.15) is 0 Å². The van der Waals surface area contributed by atoms with Gasteiger partial charge in [-0.05, 0) is 55.1 Å². The van der Waals surface area contributed by atoms with E-state index in [1.807, 2.05) is 42.5 Å². The minimum atomic E-state index is -0.0821. The van der Waals surface area contributed by atoms with Crippen molar-refractivity contribution in [3.05, 3.63) is 77.6 Å². The van der Waals surface area contributed by atoms with Crippen LogP contribution in [-0.2, 0) is 11.3 Å². The molecule has 1 N–H and O–H groups in total. The molecule has 4 aromatic rings. The first kappa shape index (κ1) is 20.7. The van der Waals surface area contributed by atoms with Crippen molar-refractivity contribution in [1.82, 2.24) is 15.0 Å². The maximum absolute atomic E-state index is 13.0. The molecule has 1 aromatic heterocycles. The number of benzene rings is 3. The molecule has 1 amide bonds. The van der Waals surface area contributed by atoms with Crippen LogP contribution in [0, 0.1) is 5.92 Å². The number of aromatic nitrogens is 2. The highest BCUT2D eigenvalue weighted by atomic mass is 35.5. The van der Waals surface area contributed by atoms with Crippen LogP contribution in [0.4, 0.5) is 5.69 Å². The molecule has 0 aliphatic carbocycles. The van der Waals surface area contributed by atoms with Gasteiger partial charge >= 0.3 is 0 Å². The summed E-state index contributed by atoms with van der Waals surface area (Å²) in [5.74, 6) is 1.06. The Hall–Kier alpha value is -3.22. The molecule has 32 heavy (non-hydrogen) atoms. The lowest BCUT2D eigenvalue weighted by molar-refractivity contribution is -0.121. The Morgan fingerprint density at radius 2 is 1.91 bits per heavy atom. The Kier molecular flexibility index (Phi) is 5.88. The standard InChI is InChI=1S/C25H23ClN4O2/c26-20-12-10-18(11-13-20)24-28-23(32-29-24)16-30-14-4-7-19(15-30)25(31)27-22-9-3-6-17-5-1-2-8-21(17)22/h1-3,5-6,8-13,19H,4,7,14-16H2,(H,27,31). The number of rotatable bonds is 5. The molecule has 3 aromatic carbocycles. The molecule has 1 fully saturated rings. The number of halogens is 1. The van der Waals surface area contributed by atoms with Gasteiger partial charge in [0.25, 0.3) is 0 Å². The van der Waals surface area contributed by atoms with Gasteiger partial charge in [-0.25, -0.2) is 0 Å². The number of hydrogen-bond acceptors (Lipinski definition) is 5. The van der Waals surface area contributed by atoms with Crippen molar-refractivity contribution in [2.75, 3.05) is 18.4 Å². The minimum absolute atomic E-state index is 0.0541. The summed E-state index contributed by atoms with van der Waals surface area (Å²) >= 11 is 5.95. The number of anilines is 1. The molecule has 0 saturated carbocycles. The molecule has 0 radical (unpaired) electrons. The van der Waals surface area contributed by atoms with E-state index in [1.54, 1.807) is 12.1 Å². The van der Waals surface area contributed by atoms with Gasteiger partial charge in [0.15, 0.2) is 0 Å². The van der Waals surface area contributed by atoms with Crippen LogP contribution in [0.3, 0.4) is 0 Å². The average Bonchev–Trinajstić information content (AvgIpc) is 3.28. The Bertz CT molecular complexity index is 1230. The molecule has 1 aliphatic heterocycles. The Morgan fingerprint density at radius 3 is 2.78 bits per heavy atom. The fraction of sp³-hybridized carbons (Fsp3) is 0.240. The molecule has 7 heteroatoms. The van der Waals surface area contributed by atoms with Crippen LogP contribution in [-0.4, -0.2) is 34.0 Å². The number of carbonyl (C=O) groups excluding carboxylic acids is 1. The topological polar surface area (TPSA) is 71.3 Å². The molecule has 162 valence electrons. The maximum atomic E-state index is 13.0. The first-order chi connectivity index (χ1) is 15.7. The molecule has 0 spiro atoms. The van der Waals surface area contributed by atoms with Crippen LogP contribution < -0.4 is 5.32 Å². The van der Waals surface area contributed by atoms with E-state index in [-0.39, 0.29) is 11.8 Å². The van der Waals surface area contributed by atoms with Gasteiger partial charge in [-0.1, -0.05) is 53.2 Å². The fourth-order valence-electron chi connectivity index (χ4n) is 4.21. The van der Waals surface area contributed by atoms with Crippen LogP contribution in [0.25, 0.3) is 22.2 Å². The zero-order chi connectivity index (χ0) is 21.9. The van der Waals surface area contributed by atoms with Crippen LogP contribution >= 0.6 is 11.6 Å². The van der Waals surface area contributed by atoms with E-state index in [1.165, 1.54) is 0 Å². The summed E-state index contributed by atoms with van der Waals surface area (Å²) in [6.45, 7) is 2.09. The fourth-order valence-corrected chi connectivity index (χ4v) is 4.33. The number of carbonyl (C=O) groups is 1. The van der Waals surface area contributed by atoms with Gasteiger partial charge in [0.05, 0.1) is 12.5 Å². The number of amides is 1. The third kappa shape index (κ3) is 4.52. The second-order valence-corrected chi connectivity index (χ2v) is 8.55. The van der Waals surface area contributed by atoms with Gasteiger partial charge in [0, 0.05) is 28.2 Å². The van der Waals surface area contributed by atoms with Crippen molar-refractivity contribution in [2.45, 2.75) is 19.4 Å². The number of fused-ring (bicyclic) bond motifs is 1. The van der Waals surface area contributed by atoms with E-state index in [0.717, 1.165) is 41.4 Å². The third-order valence-corrected chi connectivity index (χ3v) is 6.11. The average molecular weight is 447 g/mol. The van der Waals surface area contributed by atoms with Crippen LogP contribution in [0.15, 0.2) is 71.3 Å². The van der Waals surface area contributed by atoms with E-state index in [4.69, 9.17) is 16.1 Å². The molecule has 5 rings (SSSR count). The highest BCUT2D eigenvalue weighted by Gasteiger charge is 2.27. The second-order valence-electron chi connectivity index (χ2n) is 8.11. The van der Waals surface area contributed by atoms with Gasteiger partial charge < -0.3 is 9.84 Å². The van der Waals surface area contributed by atoms with E-state index in [9.17, 15) is 4.79 Å². The Labute approximate surface area is 191 Å². The lowest BCUT2D eigenvalue weighted by Crippen LogP contribution is -2.40. The van der Waals surface area contributed by atoms with E-state index in [0.29, 0.717) is 29.8 Å². The van der Waals surface area contributed by atoms with E-state index >= 15 is 0 Å². The lowest BCUT2D eigenvalue weighted by atomic mass is 9.96. The first-order valence-corrected chi connectivity index (χ1v) is 11.1. The monoisotopic (exact) mass is 446 g/mol. The van der Waals surface area contributed by atoms with Crippen molar-refractivity contribution < 1.29 is 9.32 Å². The second kappa shape index (κ2) is 9.10. The van der Waals surface area contributed by atoms with Crippen LogP contribution in [0.5, 0.6) is 0 Å². The third-order valence-electron chi connectivity index (χ3n) is 5.85. The molecule has 2 heterocycles. The number of nitrogens with zero attached hydrogens (tertiary/aromatic N) is 3. The van der Waals surface area contributed by atoms with Crippen molar-refractivity contribution in [3.63, 3.8) is 0 Å². The summed E-state index contributed by atoms with van der Waals surface area (Å²) in [5, 5.41) is 10.1. The predicted octanol–water partition coefficient (Wildman–Crippen LogP) is 5.39. The SMILES string of the molecule is O=C(Nc1cccc2ccccc12)C1CCCN(Cc2nc(-c3ccc(Cl)cc3)no2)C1.